The summed E-state index contributed by atoms with van der Waals surface area (Å²) < 4.78 is 0. The van der Waals surface area contributed by atoms with Crippen molar-refractivity contribution >= 4 is 0 Å². The molecule has 1 saturated heterocycles. The molecule has 1 unspecified atom stereocenters. The summed E-state index contributed by atoms with van der Waals surface area (Å²) in [5, 5.41) is 0. The second-order valence-electron chi connectivity index (χ2n) is 5.46. The zero-order valence-corrected chi connectivity index (χ0v) is 16.8. The standard InChI is InChI=1S/C18H27N.C2H6.CH5N/c1-8-12-15(10-3)19-17(13-9-2)16(11-4)14(5)18(19,6)7;2*1-2/h8-14H,2H2,1,3-7H3;1-2H3;2H2,1H3/b12-8-,15-10+,16-11-,17-13+;;. The van der Waals surface area contributed by atoms with Crippen LogP contribution < -0.4 is 5.73 Å². The molecule has 1 fully saturated rings. The van der Waals surface area contributed by atoms with Crippen molar-refractivity contribution in [1.82, 2.24) is 4.90 Å². The van der Waals surface area contributed by atoms with Gasteiger partial charge < -0.3 is 10.6 Å². The van der Waals surface area contributed by atoms with Crippen molar-refractivity contribution in [3.8, 4) is 0 Å². The molecule has 23 heavy (non-hydrogen) atoms. The van der Waals surface area contributed by atoms with Gasteiger partial charge in [-0.15, -0.1) is 0 Å². The van der Waals surface area contributed by atoms with Gasteiger partial charge in [-0.3, -0.25) is 0 Å². The summed E-state index contributed by atoms with van der Waals surface area (Å²) in [4.78, 5) is 2.43. The highest BCUT2D eigenvalue weighted by molar-refractivity contribution is 5.46. The van der Waals surface area contributed by atoms with Crippen molar-refractivity contribution in [2.24, 2.45) is 11.7 Å². The van der Waals surface area contributed by atoms with Crippen LogP contribution in [-0.4, -0.2) is 17.5 Å². The fourth-order valence-corrected chi connectivity index (χ4v) is 2.86. The zero-order valence-electron chi connectivity index (χ0n) is 16.8. The van der Waals surface area contributed by atoms with Gasteiger partial charge in [0.1, 0.15) is 0 Å². The predicted octanol–water partition coefficient (Wildman–Crippen LogP) is 5.81. The average molecular weight is 319 g/mol. The molecule has 0 aromatic rings. The first-order valence-electron chi connectivity index (χ1n) is 8.61. The summed E-state index contributed by atoms with van der Waals surface area (Å²) in [7, 11) is 1.50. The molecule has 132 valence electrons. The third kappa shape index (κ3) is 5.24. The minimum Gasteiger partial charge on any atom is -0.335 e. The lowest BCUT2D eigenvalue weighted by atomic mass is 9.87. The van der Waals surface area contributed by atoms with Gasteiger partial charge in [0.15, 0.2) is 0 Å². The highest BCUT2D eigenvalue weighted by Gasteiger charge is 2.44. The monoisotopic (exact) mass is 318 g/mol. The molecule has 2 N–H and O–H groups in total. The maximum atomic E-state index is 4.50. The van der Waals surface area contributed by atoms with Crippen molar-refractivity contribution in [3.63, 3.8) is 0 Å². The first-order chi connectivity index (χ1) is 10.9. The number of nitrogens with two attached hydrogens (primary N) is 1. The van der Waals surface area contributed by atoms with Gasteiger partial charge in [-0.1, -0.05) is 51.7 Å². The van der Waals surface area contributed by atoms with Crippen LogP contribution in [0.15, 0.2) is 60.0 Å². The van der Waals surface area contributed by atoms with Crippen LogP contribution in [0.1, 0.15) is 55.4 Å². The molecule has 0 aromatic carbocycles. The molecule has 0 radical (unpaired) electrons. The lowest BCUT2D eigenvalue weighted by Gasteiger charge is -2.37. The molecular weight excluding hydrogens is 280 g/mol. The van der Waals surface area contributed by atoms with Crippen molar-refractivity contribution in [1.29, 1.82) is 0 Å². The van der Waals surface area contributed by atoms with Gasteiger partial charge in [0, 0.05) is 22.9 Å². The van der Waals surface area contributed by atoms with Gasteiger partial charge in [0.05, 0.1) is 0 Å². The minimum atomic E-state index is 0.0675. The first-order valence-corrected chi connectivity index (χ1v) is 8.61. The topological polar surface area (TPSA) is 29.3 Å². The second kappa shape index (κ2) is 12.0. The SMILES string of the molecule is C=C/C=C1\C(=C/C)C(C)C(C)(C)N1C(/C=C\C)=C/C.CC.CN. The van der Waals surface area contributed by atoms with Crippen LogP contribution in [0.2, 0.25) is 0 Å². The molecule has 2 nitrogen and oxygen atoms in total. The molecular formula is C21H38N2. The Balaban J connectivity index is 0. The number of rotatable bonds is 3. The third-order valence-electron chi connectivity index (χ3n) is 4.12. The first kappa shape index (κ1) is 23.7. The van der Waals surface area contributed by atoms with E-state index in [9.17, 15) is 0 Å². The molecule has 0 bridgehead atoms. The highest BCUT2D eigenvalue weighted by atomic mass is 15.2. The Morgan fingerprint density at radius 1 is 1.17 bits per heavy atom. The molecule has 2 heteroatoms. The Kier molecular flexibility index (Phi) is 12.3. The zero-order chi connectivity index (χ0) is 18.6. The Labute approximate surface area is 145 Å². The normalized spacial score (nSPS) is 23.5. The second-order valence-corrected chi connectivity index (χ2v) is 5.46. The molecule has 1 atom stereocenters. The van der Waals surface area contributed by atoms with Gasteiger partial charge in [-0.25, -0.2) is 0 Å². The van der Waals surface area contributed by atoms with Crippen LogP contribution in [0.4, 0.5) is 0 Å². The van der Waals surface area contributed by atoms with Crippen molar-refractivity contribution in [2.45, 2.75) is 60.9 Å². The fraction of sp³-hybridized carbons (Fsp3) is 0.524. The van der Waals surface area contributed by atoms with Gasteiger partial charge in [-0.05, 0) is 59.4 Å². The van der Waals surface area contributed by atoms with Crippen LogP contribution in [0.25, 0.3) is 0 Å². The lowest BCUT2D eigenvalue weighted by molar-refractivity contribution is 0.217. The van der Waals surface area contributed by atoms with Gasteiger partial charge in [-0.2, -0.15) is 0 Å². The van der Waals surface area contributed by atoms with Crippen LogP contribution in [0.5, 0.6) is 0 Å². The van der Waals surface area contributed by atoms with Gasteiger partial charge >= 0.3 is 0 Å². The molecule has 0 amide bonds. The highest BCUT2D eigenvalue weighted by Crippen LogP contribution is 2.47. The average Bonchev–Trinajstić information content (AvgIpc) is 2.76. The van der Waals surface area contributed by atoms with Crippen molar-refractivity contribution in [2.75, 3.05) is 7.05 Å². The largest absolute Gasteiger partial charge is 0.335 e. The molecule has 0 saturated carbocycles. The molecule has 0 aromatic heterocycles. The summed E-state index contributed by atoms with van der Waals surface area (Å²) in [6, 6.07) is 0. The van der Waals surface area contributed by atoms with E-state index >= 15 is 0 Å². The molecule has 1 heterocycles. The minimum absolute atomic E-state index is 0.0675. The van der Waals surface area contributed by atoms with E-state index in [0.717, 1.165) is 0 Å². The molecule has 0 aliphatic carbocycles. The number of hydrogen-bond acceptors (Lipinski definition) is 2. The van der Waals surface area contributed by atoms with E-state index in [1.54, 1.807) is 0 Å². The number of nitrogens with zero attached hydrogens (tertiary/aromatic N) is 1. The maximum absolute atomic E-state index is 4.50. The number of hydrogen-bond donors (Lipinski definition) is 1. The summed E-state index contributed by atoms with van der Waals surface area (Å²) in [5.74, 6) is 0.490. The lowest BCUT2D eigenvalue weighted by Crippen LogP contribution is -2.40. The Morgan fingerprint density at radius 2 is 1.70 bits per heavy atom. The molecule has 0 spiro atoms. The molecule has 1 aliphatic heterocycles. The van der Waals surface area contributed by atoms with E-state index in [4.69, 9.17) is 0 Å². The van der Waals surface area contributed by atoms with E-state index in [2.05, 4.69) is 89.1 Å². The third-order valence-corrected chi connectivity index (χ3v) is 4.12. The van der Waals surface area contributed by atoms with E-state index in [-0.39, 0.29) is 5.54 Å². The van der Waals surface area contributed by atoms with E-state index in [0.29, 0.717) is 5.92 Å². The predicted molar refractivity (Wildman–Crippen MR) is 107 cm³/mol. The van der Waals surface area contributed by atoms with Crippen LogP contribution in [0, 0.1) is 5.92 Å². The molecule has 1 rings (SSSR count). The maximum Gasteiger partial charge on any atom is 0.0461 e. The van der Waals surface area contributed by atoms with Gasteiger partial charge in [0.25, 0.3) is 0 Å². The van der Waals surface area contributed by atoms with Crippen LogP contribution in [-0.2, 0) is 0 Å². The van der Waals surface area contributed by atoms with Crippen molar-refractivity contribution < 1.29 is 0 Å². The summed E-state index contributed by atoms with van der Waals surface area (Å²) in [6.45, 7) is 21.0. The molecule has 1 aliphatic rings. The number of allylic oxidation sites excluding steroid dienone is 7. The summed E-state index contributed by atoms with van der Waals surface area (Å²) in [5.41, 5.74) is 8.47. The van der Waals surface area contributed by atoms with E-state index < -0.39 is 0 Å². The Morgan fingerprint density at radius 3 is 2.04 bits per heavy atom. The van der Waals surface area contributed by atoms with Crippen LogP contribution in [0.3, 0.4) is 0 Å². The smallest absolute Gasteiger partial charge is 0.0461 e. The summed E-state index contributed by atoms with van der Waals surface area (Å²) >= 11 is 0. The van der Waals surface area contributed by atoms with Crippen molar-refractivity contribution in [3.05, 3.63) is 60.0 Å². The number of likely N-dealkylation sites (tertiary alicyclic amines) is 1. The quantitative estimate of drug-likeness (QED) is 0.665. The van der Waals surface area contributed by atoms with Gasteiger partial charge in [0.2, 0.25) is 0 Å². The fourth-order valence-electron chi connectivity index (χ4n) is 2.86. The van der Waals surface area contributed by atoms with Crippen LogP contribution >= 0.6 is 0 Å². The Hall–Kier alpha value is -1.54. The van der Waals surface area contributed by atoms with E-state index in [1.165, 1.54) is 24.0 Å². The van der Waals surface area contributed by atoms with E-state index in [1.807, 2.05) is 19.9 Å². The summed E-state index contributed by atoms with van der Waals surface area (Å²) in [6.07, 6.45) is 12.7. The Bertz CT molecular complexity index is 462.